The molecule has 1 saturated heterocycles. The highest BCUT2D eigenvalue weighted by molar-refractivity contribution is 5.97. The number of hydrogen-bond donors (Lipinski definition) is 2. The Labute approximate surface area is 161 Å². The monoisotopic (exact) mass is 375 g/mol. The van der Waals surface area contributed by atoms with Gasteiger partial charge in [-0.1, -0.05) is 0 Å². The molecule has 1 aliphatic rings. The van der Waals surface area contributed by atoms with Crippen molar-refractivity contribution >= 4 is 28.4 Å². The predicted octanol–water partition coefficient (Wildman–Crippen LogP) is 2.55. The number of likely N-dealkylation sites (tertiary alicyclic amines) is 1. The van der Waals surface area contributed by atoms with Crippen LogP contribution >= 0.6 is 0 Å². The van der Waals surface area contributed by atoms with Crippen LogP contribution in [0.15, 0.2) is 43.0 Å². The summed E-state index contributed by atoms with van der Waals surface area (Å²) < 4.78 is 1.73. The number of hydrogen-bond acceptors (Lipinski definition) is 5. The second-order valence-electron chi connectivity index (χ2n) is 7.34. The third-order valence-corrected chi connectivity index (χ3v) is 5.47. The van der Waals surface area contributed by atoms with E-state index >= 15 is 0 Å². The van der Waals surface area contributed by atoms with Crippen molar-refractivity contribution < 1.29 is 4.79 Å². The molecule has 142 valence electrons. The van der Waals surface area contributed by atoms with Crippen molar-refractivity contribution in [2.75, 3.05) is 25.5 Å². The summed E-state index contributed by atoms with van der Waals surface area (Å²) >= 11 is 0. The number of aromatic nitrogens is 5. The number of carbonyl (C=O) groups is 1. The van der Waals surface area contributed by atoms with Gasteiger partial charge in [-0.25, -0.2) is 14.5 Å². The quantitative estimate of drug-likeness (QED) is 0.574. The Kier molecular flexibility index (Phi) is 4.05. The lowest BCUT2D eigenvalue weighted by atomic mass is 9.96. The zero-order valence-corrected chi connectivity index (χ0v) is 15.6. The maximum absolute atomic E-state index is 12.5. The summed E-state index contributed by atoms with van der Waals surface area (Å²) in [6.45, 7) is 1.92. The molecule has 2 N–H and O–H groups in total. The van der Waals surface area contributed by atoms with Gasteiger partial charge in [0.2, 0.25) is 5.91 Å². The van der Waals surface area contributed by atoms with E-state index in [1.165, 1.54) is 6.33 Å². The smallest absolute Gasteiger partial charge is 0.228 e. The molecule has 0 saturated carbocycles. The molecule has 8 heteroatoms. The van der Waals surface area contributed by atoms with Crippen molar-refractivity contribution in [3.8, 4) is 11.1 Å². The van der Waals surface area contributed by atoms with Gasteiger partial charge >= 0.3 is 0 Å². The zero-order valence-electron chi connectivity index (χ0n) is 15.6. The molecule has 1 fully saturated rings. The first kappa shape index (κ1) is 16.9. The summed E-state index contributed by atoms with van der Waals surface area (Å²) in [5.74, 6) is 0.699. The van der Waals surface area contributed by atoms with Crippen LogP contribution in [-0.4, -0.2) is 55.5 Å². The summed E-state index contributed by atoms with van der Waals surface area (Å²) in [6.07, 6.45) is 7.14. The van der Waals surface area contributed by atoms with Crippen LogP contribution in [0.2, 0.25) is 0 Å². The van der Waals surface area contributed by atoms with Gasteiger partial charge in [0, 0.05) is 29.3 Å². The van der Waals surface area contributed by atoms with Gasteiger partial charge in [0.15, 0.2) is 5.65 Å². The van der Waals surface area contributed by atoms with Gasteiger partial charge in [0.1, 0.15) is 17.8 Å². The number of rotatable bonds is 3. The number of anilines is 1. The van der Waals surface area contributed by atoms with Crippen molar-refractivity contribution in [1.29, 1.82) is 0 Å². The molecular weight excluding hydrogens is 354 g/mol. The Morgan fingerprint density at radius 2 is 2.11 bits per heavy atom. The highest BCUT2D eigenvalue weighted by Gasteiger charge is 2.23. The van der Waals surface area contributed by atoms with Crippen LogP contribution in [0.3, 0.4) is 0 Å². The standard InChI is InChI=1S/C20H21N7O/c1-26-7-4-13(5-8-26)20(28)25-17-3-2-15-16(11-21-19(15)24-17)14-6-9-27-18(10-14)22-12-23-27/h2-3,6,9-13H,4-5,7-8H2,1H3,(H2,21,24,25,28). The van der Waals surface area contributed by atoms with Gasteiger partial charge in [0.25, 0.3) is 0 Å². The second kappa shape index (κ2) is 6.72. The van der Waals surface area contributed by atoms with E-state index in [0.29, 0.717) is 5.82 Å². The van der Waals surface area contributed by atoms with Crippen LogP contribution < -0.4 is 5.32 Å². The first-order valence-corrected chi connectivity index (χ1v) is 9.45. The number of fused-ring (bicyclic) bond motifs is 2. The van der Waals surface area contributed by atoms with E-state index < -0.39 is 0 Å². The topological polar surface area (TPSA) is 91.2 Å². The number of pyridine rings is 2. The largest absolute Gasteiger partial charge is 0.345 e. The lowest BCUT2D eigenvalue weighted by molar-refractivity contribution is -0.121. The second-order valence-corrected chi connectivity index (χ2v) is 7.34. The van der Waals surface area contributed by atoms with E-state index in [1.807, 2.05) is 36.7 Å². The van der Waals surface area contributed by atoms with Crippen LogP contribution in [0, 0.1) is 5.92 Å². The molecule has 0 bridgehead atoms. The molecular formula is C20H21N7O. The molecule has 4 aromatic rings. The maximum Gasteiger partial charge on any atom is 0.228 e. The Morgan fingerprint density at radius 3 is 2.96 bits per heavy atom. The molecule has 0 aliphatic carbocycles. The van der Waals surface area contributed by atoms with Gasteiger partial charge in [-0.05, 0) is 62.8 Å². The van der Waals surface area contributed by atoms with Crippen molar-refractivity contribution in [2.24, 2.45) is 5.92 Å². The first-order valence-electron chi connectivity index (χ1n) is 9.45. The van der Waals surface area contributed by atoms with E-state index in [4.69, 9.17) is 0 Å². The molecule has 8 nitrogen and oxygen atoms in total. The zero-order chi connectivity index (χ0) is 19.1. The fourth-order valence-corrected chi connectivity index (χ4v) is 3.80. The fourth-order valence-electron chi connectivity index (χ4n) is 3.80. The number of piperidine rings is 1. The Morgan fingerprint density at radius 1 is 1.25 bits per heavy atom. The van der Waals surface area contributed by atoms with E-state index in [9.17, 15) is 4.79 Å². The van der Waals surface area contributed by atoms with Crippen LogP contribution in [0.4, 0.5) is 5.82 Å². The van der Waals surface area contributed by atoms with Gasteiger partial charge in [-0.15, -0.1) is 0 Å². The molecule has 0 unspecified atom stereocenters. The van der Waals surface area contributed by atoms with Crippen LogP contribution in [0.5, 0.6) is 0 Å². The third kappa shape index (κ3) is 3.01. The van der Waals surface area contributed by atoms with E-state index in [2.05, 4.69) is 37.3 Å². The van der Waals surface area contributed by atoms with Crippen LogP contribution in [0.1, 0.15) is 12.8 Å². The van der Waals surface area contributed by atoms with Crippen molar-refractivity contribution in [2.45, 2.75) is 12.8 Å². The van der Waals surface area contributed by atoms with Crippen molar-refractivity contribution in [3.63, 3.8) is 0 Å². The van der Waals surface area contributed by atoms with Gasteiger partial charge in [0.05, 0.1) is 0 Å². The number of carbonyl (C=O) groups excluding carboxylic acids is 1. The molecule has 1 amide bonds. The Hall–Kier alpha value is -3.26. The number of nitrogens with one attached hydrogen (secondary N) is 2. The van der Waals surface area contributed by atoms with E-state index in [1.54, 1.807) is 4.52 Å². The molecule has 0 aromatic carbocycles. The minimum absolute atomic E-state index is 0.0581. The average Bonchev–Trinajstić information content (AvgIpc) is 3.34. The molecule has 1 aliphatic heterocycles. The van der Waals surface area contributed by atoms with Gasteiger partial charge in [-0.3, -0.25) is 4.79 Å². The number of nitrogens with zero attached hydrogens (tertiary/aromatic N) is 5. The lowest BCUT2D eigenvalue weighted by Crippen LogP contribution is -2.36. The van der Waals surface area contributed by atoms with Gasteiger partial charge < -0.3 is 15.2 Å². The summed E-state index contributed by atoms with van der Waals surface area (Å²) in [5.41, 5.74) is 3.62. The highest BCUT2D eigenvalue weighted by Crippen LogP contribution is 2.29. The molecule has 4 aromatic heterocycles. The summed E-state index contributed by atoms with van der Waals surface area (Å²) in [6, 6.07) is 7.85. The SMILES string of the molecule is CN1CCC(C(=O)Nc2ccc3c(-c4ccn5ncnc5c4)c[nH]c3n2)CC1. The minimum atomic E-state index is 0.0581. The summed E-state index contributed by atoms with van der Waals surface area (Å²) in [7, 11) is 2.09. The Bertz CT molecular complexity index is 1150. The van der Waals surface area contributed by atoms with Crippen molar-refractivity contribution in [1.82, 2.24) is 29.5 Å². The van der Waals surface area contributed by atoms with Crippen molar-refractivity contribution in [3.05, 3.63) is 43.0 Å². The number of amides is 1. The molecule has 0 radical (unpaired) electrons. The molecule has 0 atom stereocenters. The van der Waals surface area contributed by atoms with E-state index in [-0.39, 0.29) is 11.8 Å². The lowest BCUT2D eigenvalue weighted by Gasteiger charge is -2.27. The summed E-state index contributed by atoms with van der Waals surface area (Å²) in [4.78, 5) is 26.8. The molecule has 28 heavy (non-hydrogen) atoms. The maximum atomic E-state index is 12.5. The first-order chi connectivity index (χ1) is 13.7. The number of H-pyrrole nitrogens is 1. The third-order valence-electron chi connectivity index (χ3n) is 5.47. The molecule has 5 rings (SSSR count). The number of aromatic amines is 1. The molecule has 5 heterocycles. The normalized spacial score (nSPS) is 16.0. The van der Waals surface area contributed by atoms with Gasteiger partial charge in [-0.2, -0.15) is 5.10 Å². The average molecular weight is 375 g/mol. The minimum Gasteiger partial charge on any atom is -0.345 e. The summed E-state index contributed by atoms with van der Waals surface area (Å²) in [5, 5.41) is 8.11. The predicted molar refractivity (Wildman–Crippen MR) is 107 cm³/mol. The van der Waals surface area contributed by atoms with E-state index in [0.717, 1.165) is 53.7 Å². The van der Waals surface area contributed by atoms with Crippen LogP contribution in [-0.2, 0) is 4.79 Å². The fraction of sp³-hybridized carbons (Fsp3) is 0.300. The van der Waals surface area contributed by atoms with Crippen LogP contribution in [0.25, 0.3) is 27.8 Å². The Balaban J connectivity index is 1.39. The molecule has 0 spiro atoms. The highest BCUT2D eigenvalue weighted by atomic mass is 16.1.